The number of aromatic nitrogens is 1. The van der Waals surface area contributed by atoms with E-state index in [1.165, 1.54) is 11.5 Å². The van der Waals surface area contributed by atoms with Gasteiger partial charge in [-0.05, 0) is 11.5 Å². The highest BCUT2D eigenvalue weighted by molar-refractivity contribution is 7.10. The number of ether oxygens (including phenoxy) is 1. The second kappa shape index (κ2) is 4.79. The Labute approximate surface area is 86.9 Å². The first kappa shape index (κ1) is 10.8. The van der Waals surface area contributed by atoms with Crippen molar-refractivity contribution in [3.63, 3.8) is 0 Å². The smallest absolute Gasteiger partial charge is 0.157 e. The Kier molecular flexibility index (Phi) is 3.68. The van der Waals surface area contributed by atoms with Crippen molar-refractivity contribution in [2.45, 2.75) is 0 Å². The standard InChI is InChI=1S/C8H12N4OS/c1-12(3-4-13-2)8-6(5-9)7(10)11-14-8/h3-4H2,1-2H3,(H2,10,11). The van der Waals surface area contributed by atoms with Crippen molar-refractivity contribution in [3.05, 3.63) is 5.56 Å². The van der Waals surface area contributed by atoms with Gasteiger partial charge in [0.25, 0.3) is 0 Å². The van der Waals surface area contributed by atoms with E-state index in [2.05, 4.69) is 4.37 Å². The van der Waals surface area contributed by atoms with Crippen LogP contribution in [-0.4, -0.2) is 31.7 Å². The summed E-state index contributed by atoms with van der Waals surface area (Å²) in [5.74, 6) is 0.303. The first-order chi connectivity index (χ1) is 6.70. The number of likely N-dealkylation sites (N-methyl/N-ethyl adjacent to an activating group) is 1. The van der Waals surface area contributed by atoms with Crippen LogP contribution < -0.4 is 10.6 Å². The number of nitrogens with zero attached hydrogens (tertiary/aromatic N) is 3. The molecule has 0 unspecified atom stereocenters. The van der Waals surface area contributed by atoms with Crippen LogP contribution >= 0.6 is 11.5 Å². The maximum absolute atomic E-state index is 8.84. The lowest BCUT2D eigenvalue weighted by molar-refractivity contribution is 0.206. The summed E-state index contributed by atoms with van der Waals surface area (Å²) in [4.78, 5) is 1.91. The molecule has 0 aliphatic carbocycles. The number of nitriles is 1. The lowest BCUT2D eigenvalue weighted by atomic mass is 10.3. The van der Waals surface area contributed by atoms with Gasteiger partial charge in [0.05, 0.1) is 6.61 Å². The minimum absolute atomic E-state index is 0.303. The zero-order valence-electron chi connectivity index (χ0n) is 8.15. The van der Waals surface area contributed by atoms with Crippen molar-refractivity contribution in [2.75, 3.05) is 37.9 Å². The van der Waals surface area contributed by atoms with Crippen molar-refractivity contribution in [3.8, 4) is 6.07 Å². The third kappa shape index (κ3) is 2.13. The molecule has 0 atom stereocenters. The van der Waals surface area contributed by atoms with Gasteiger partial charge in [0, 0.05) is 20.7 Å². The van der Waals surface area contributed by atoms with Crippen LogP contribution in [0.5, 0.6) is 0 Å². The minimum Gasteiger partial charge on any atom is -0.383 e. The quantitative estimate of drug-likeness (QED) is 0.794. The monoisotopic (exact) mass is 212 g/mol. The first-order valence-electron chi connectivity index (χ1n) is 4.06. The Morgan fingerprint density at radius 1 is 1.71 bits per heavy atom. The van der Waals surface area contributed by atoms with Crippen LogP contribution in [0.3, 0.4) is 0 Å². The van der Waals surface area contributed by atoms with Crippen LogP contribution in [-0.2, 0) is 4.74 Å². The number of hydrogen-bond donors (Lipinski definition) is 1. The Morgan fingerprint density at radius 3 is 3.00 bits per heavy atom. The fourth-order valence-corrected chi connectivity index (χ4v) is 1.74. The van der Waals surface area contributed by atoms with E-state index in [1.807, 2.05) is 18.0 Å². The van der Waals surface area contributed by atoms with Gasteiger partial charge in [-0.1, -0.05) is 0 Å². The number of anilines is 2. The Balaban J connectivity index is 2.80. The molecule has 0 saturated heterocycles. The highest BCUT2D eigenvalue weighted by atomic mass is 32.1. The molecular weight excluding hydrogens is 200 g/mol. The molecule has 0 spiro atoms. The van der Waals surface area contributed by atoms with Gasteiger partial charge >= 0.3 is 0 Å². The van der Waals surface area contributed by atoms with E-state index in [0.717, 1.165) is 5.00 Å². The lowest BCUT2D eigenvalue weighted by Crippen LogP contribution is -2.21. The topological polar surface area (TPSA) is 75.2 Å². The molecule has 6 heteroatoms. The molecule has 0 saturated carbocycles. The van der Waals surface area contributed by atoms with Gasteiger partial charge in [-0.25, -0.2) is 0 Å². The van der Waals surface area contributed by atoms with E-state index in [1.54, 1.807) is 7.11 Å². The molecule has 1 heterocycles. The van der Waals surface area contributed by atoms with Crippen LogP contribution in [0.25, 0.3) is 0 Å². The zero-order chi connectivity index (χ0) is 10.6. The van der Waals surface area contributed by atoms with Crippen molar-refractivity contribution >= 4 is 22.4 Å². The van der Waals surface area contributed by atoms with Crippen molar-refractivity contribution < 1.29 is 4.74 Å². The van der Waals surface area contributed by atoms with Gasteiger partial charge in [-0.3, -0.25) is 0 Å². The molecule has 0 fully saturated rings. The number of hydrogen-bond acceptors (Lipinski definition) is 6. The molecule has 1 aromatic rings. The van der Waals surface area contributed by atoms with Gasteiger partial charge in [0.1, 0.15) is 16.6 Å². The van der Waals surface area contributed by atoms with E-state index < -0.39 is 0 Å². The Hall–Kier alpha value is -1.32. The summed E-state index contributed by atoms with van der Waals surface area (Å²) in [6.07, 6.45) is 0. The predicted molar refractivity (Wildman–Crippen MR) is 56.4 cm³/mol. The summed E-state index contributed by atoms with van der Waals surface area (Å²) < 4.78 is 8.87. The molecule has 1 rings (SSSR count). The van der Waals surface area contributed by atoms with Crippen LogP contribution in [0, 0.1) is 11.3 Å². The largest absolute Gasteiger partial charge is 0.383 e. The summed E-state index contributed by atoms with van der Waals surface area (Å²) in [7, 11) is 3.52. The average Bonchev–Trinajstić information content (AvgIpc) is 2.55. The molecular formula is C8H12N4OS. The summed E-state index contributed by atoms with van der Waals surface area (Å²) >= 11 is 1.23. The van der Waals surface area contributed by atoms with Crippen LogP contribution in [0.15, 0.2) is 0 Å². The zero-order valence-corrected chi connectivity index (χ0v) is 8.97. The van der Waals surface area contributed by atoms with Gasteiger partial charge in [-0.2, -0.15) is 9.64 Å². The van der Waals surface area contributed by atoms with Crippen molar-refractivity contribution in [1.29, 1.82) is 5.26 Å². The molecule has 0 bridgehead atoms. The molecule has 0 aliphatic heterocycles. The first-order valence-corrected chi connectivity index (χ1v) is 4.83. The third-order valence-corrected chi connectivity index (χ3v) is 2.77. The summed E-state index contributed by atoms with van der Waals surface area (Å²) in [5, 5.41) is 9.63. The van der Waals surface area contributed by atoms with Gasteiger partial charge in [-0.15, -0.1) is 0 Å². The molecule has 0 radical (unpaired) electrons. The van der Waals surface area contributed by atoms with E-state index in [4.69, 9.17) is 15.7 Å². The van der Waals surface area contributed by atoms with E-state index >= 15 is 0 Å². The number of nitrogen functional groups attached to an aromatic ring is 1. The molecule has 1 aromatic heterocycles. The average molecular weight is 212 g/mol. The number of rotatable bonds is 4. The molecule has 0 aliphatic rings. The van der Waals surface area contributed by atoms with E-state index in [9.17, 15) is 0 Å². The second-order valence-corrected chi connectivity index (χ2v) is 3.53. The fraction of sp³-hybridized carbons (Fsp3) is 0.500. The highest BCUT2D eigenvalue weighted by Gasteiger charge is 2.14. The third-order valence-electron chi connectivity index (χ3n) is 1.79. The Bertz CT molecular complexity index is 344. The van der Waals surface area contributed by atoms with E-state index in [-0.39, 0.29) is 0 Å². The predicted octanol–water partition coefficient (Wildman–Crippen LogP) is 0.680. The van der Waals surface area contributed by atoms with E-state index in [0.29, 0.717) is 24.5 Å². The van der Waals surface area contributed by atoms with Crippen LogP contribution in [0.1, 0.15) is 5.56 Å². The lowest BCUT2D eigenvalue weighted by Gasteiger charge is -2.15. The summed E-state index contributed by atoms with van der Waals surface area (Å²) in [6, 6.07) is 2.04. The maximum Gasteiger partial charge on any atom is 0.157 e. The molecule has 76 valence electrons. The SMILES string of the molecule is COCCN(C)c1snc(N)c1C#N. The van der Waals surface area contributed by atoms with Crippen molar-refractivity contribution in [1.82, 2.24) is 4.37 Å². The molecule has 5 nitrogen and oxygen atoms in total. The summed E-state index contributed by atoms with van der Waals surface area (Å²) in [6.45, 7) is 1.33. The van der Waals surface area contributed by atoms with Gasteiger partial charge < -0.3 is 15.4 Å². The van der Waals surface area contributed by atoms with Gasteiger partial charge in [0.15, 0.2) is 5.82 Å². The normalized spacial score (nSPS) is 9.79. The molecule has 0 aromatic carbocycles. The van der Waals surface area contributed by atoms with Crippen LogP contribution in [0.4, 0.5) is 10.8 Å². The maximum atomic E-state index is 8.84. The Morgan fingerprint density at radius 2 is 2.43 bits per heavy atom. The number of methoxy groups -OCH3 is 1. The van der Waals surface area contributed by atoms with Crippen LogP contribution in [0.2, 0.25) is 0 Å². The van der Waals surface area contributed by atoms with Crippen molar-refractivity contribution in [2.24, 2.45) is 0 Å². The number of nitrogens with two attached hydrogens (primary N) is 1. The summed E-state index contributed by atoms with van der Waals surface area (Å²) in [5.41, 5.74) is 5.99. The fourth-order valence-electron chi connectivity index (χ4n) is 0.989. The second-order valence-electron chi connectivity index (χ2n) is 2.77. The molecule has 2 N–H and O–H groups in total. The molecule has 14 heavy (non-hydrogen) atoms. The minimum atomic E-state index is 0.303. The van der Waals surface area contributed by atoms with Gasteiger partial charge in [0.2, 0.25) is 0 Å². The highest BCUT2D eigenvalue weighted by Crippen LogP contribution is 2.28. The molecule has 0 amide bonds.